The van der Waals surface area contributed by atoms with E-state index in [1.165, 1.54) is 13.2 Å². The first-order valence-electron chi connectivity index (χ1n) is 5.55. The molecule has 5 heteroatoms. The number of benzene rings is 1. The number of carbonyl (C=O) groups is 1. The van der Waals surface area contributed by atoms with Crippen LogP contribution in [0.25, 0.3) is 11.0 Å². The second kappa shape index (κ2) is 4.91. The molecule has 2 rings (SSSR count). The molecule has 0 saturated heterocycles. The maximum Gasteiger partial charge on any atom is 0.349 e. The summed E-state index contributed by atoms with van der Waals surface area (Å²) in [6.45, 7) is 2.24. The van der Waals surface area contributed by atoms with Crippen molar-refractivity contribution in [2.45, 2.75) is 6.92 Å². The van der Waals surface area contributed by atoms with Crippen molar-refractivity contribution in [3.63, 3.8) is 0 Å². The average Bonchev–Trinajstić information content (AvgIpc) is 2.37. The fraction of sp³-hybridized carbons (Fsp3) is 0.231. The van der Waals surface area contributed by atoms with Crippen LogP contribution in [0.3, 0.4) is 0 Å². The summed E-state index contributed by atoms with van der Waals surface area (Å²) in [5.74, 6) is 0.167. The highest BCUT2D eigenvalue weighted by Crippen LogP contribution is 2.20. The van der Waals surface area contributed by atoms with Gasteiger partial charge in [0.05, 0.1) is 7.11 Å². The lowest BCUT2D eigenvalue weighted by molar-refractivity contribution is 0.0952. The lowest BCUT2D eigenvalue weighted by atomic mass is 10.1. The predicted molar refractivity (Wildman–Crippen MR) is 67.0 cm³/mol. The van der Waals surface area contributed by atoms with E-state index in [2.05, 4.69) is 5.32 Å². The van der Waals surface area contributed by atoms with E-state index in [0.717, 1.165) is 0 Å². The van der Waals surface area contributed by atoms with Crippen molar-refractivity contribution in [1.29, 1.82) is 0 Å². The standard InChI is InChI=1S/C13H13NO4/c1-3-14-12(15)10-6-8-4-5-9(17-2)7-11(8)18-13(10)16/h4-7H,3H2,1-2H3,(H,14,15). The topological polar surface area (TPSA) is 68.5 Å². The van der Waals surface area contributed by atoms with Gasteiger partial charge >= 0.3 is 5.63 Å². The normalized spacial score (nSPS) is 10.3. The van der Waals surface area contributed by atoms with Gasteiger partial charge in [0, 0.05) is 18.0 Å². The minimum atomic E-state index is -0.651. The van der Waals surface area contributed by atoms with Gasteiger partial charge in [-0.1, -0.05) is 0 Å². The Morgan fingerprint density at radius 1 is 1.39 bits per heavy atom. The number of fused-ring (bicyclic) bond motifs is 1. The number of hydrogen-bond acceptors (Lipinski definition) is 4. The van der Waals surface area contributed by atoms with Gasteiger partial charge in [-0.2, -0.15) is 0 Å². The van der Waals surface area contributed by atoms with E-state index in [1.807, 2.05) is 0 Å². The quantitative estimate of drug-likeness (QED) is 0.835. The first kappa shape index (κ1) is 12.2. The Labute approximate surface area is 103 Å². The molecule has 0 aliphatic carbocycles. The highest BCUT2D eigenvalue weighted by atomic mass is 16.5. The number of rotatable bonds is 3. The van der Waals surface area contributed by atoms with Crippen LogP contribution in [0.4, 0.5) is 0 Å². The molecule has 0 saturated carbocycles. The van der Waals surface area contributed by atoms with Gasteiger partial charge in [-0.25, -0.2) is 4.79 Å². The predicted octanol–water partition coefficient (Wildman–Crippen LogP) is 1.55. The van der Waals surface area contributed by atoms with Gasteiger partial charge in [0.1, 0.15) is 16.9 Å². The zero-order valence-electron chi connectivity index (χ0n) is 10.1. The molecule has 1 aromatic carbocycles. The molecular weight excluding hydrogens is 234 g/mol. The molecule has 1 N–H and O–H groups in total. The molecule has 94 valence electrons. The summed E-state index contributed by atoms with van der Waals surface area (Å²) in [5.41, 5.74) is -0.247. The molecule has 0 radical (unpaired) electrons. The van der Waals surface area contributed by atoms with E-state index < -0.39 is 11.5 Å². The molecular formula is C13H13NO4. The van der Waals surface area contributed by atoms with E-state index in [0.29, 0.717) is 23.3 Å². The Morgan fingerprint density at radius 2 is 2.17 bits per heavy atom. The highest BCUT2D eigenvalue weighted by molar-refractivity contribution is 5.96. The Balaban J connectivity index is 2.56. The van der Waals surface area contributed by atoms with E-state index in [9.17, 15) is 9.59 Å². The van der Waals surface area contributed by atoms with Crippen LogP contribution in [0.2, 0.25) is 0 Å². The summed E-state index contributed by atoms with van der Waals surface area (Å²) in [4.78, 5) is 23.3. The molecule has 0 aliphatic heterocycles. The van der Waals surface area contributed by atoms with Crippen molar-refractivity contribution >= 4 is 16.9 Å². The number of carbonyl (C=O) groups excluding carboxylic acids is 1. The summed E-state index contributed by atoms with van der Waals surface area (Å²) in [6.07, 6.45) is 0. The fourth-order valence-corrected chi connectivity index (χ4v) is 1.63. The third-order valence-electron chi connectivity index (χ3n) is 2.53. The highest BCUT2D eigenvalue weighted by Gasteiger charge is 2.12. The lowest BCUT2D eigenvalue weighted by Gasteiger charge is -2.04. The third-order valence-corrected chi connectivity index (χ3v) is 2.53. The second-order valence-electron chi connectivity index (χ2n) is 3.71. The SMILES string of the molecule is CCNC(=O)c1cc2ccc(OC)cc2oc1=O. The molecule has 1 heterocycles. The van der Waals surface area contributed by atoms with Crippen LogP contribution in [0.15, 0.2) is 33.5 Å². The summed E-state index contributed by atoms with van der Waals surface area (Å²) >= 11 is 0. The summed E-state index contributed by atoms with van der Waals surface area (Å²) in [7, 11) is 1.53. The van der Waals surface area contributed by atoms with Crippen LogP contribution in [0.1, 0.15) is 17.3 Å². The molecule has 0 bridgehead atoms. The van der Waals surface area contributed by atoms with Crippen molar-refractivity contribution in [2.75, 3.05) is 13.7 Å². The molecule has 0 spiro atoms. The minimum Gasteiger partial charge on any atom is -0.497 e. The average molecular weight is 247 g/mol. The van der Waals surface area contributed by atoms with Gasteiger partial charge in [-0.15, -0.1) is 0 Å². The lowest BCUT2D eigenvalue weighted by Crippen LogP contribution is -2.27. The fourth-order valence-electron chi connectivity index (χ4n) is 1.63. The van der Waals surface area contributed by atoms with E-state index in [-0.39, 0.29) is 5.56 Å². The molecule has 1 amide bonds. The Hall–Kier alpha value is -2.30. The van der Waals surface area contributed by atoms with Crippen LogP contribution in [0, 0.1) is 0 Å². The number of hydrogen-bond donors (Lipinski definition) is 1. The third kappa shape index (κ3) is 2.20. The summed E-state index contributed by atoms with van der Waals surface area (Å²) < 4.78 is 10.1. The van der Waals surface area contributed by atoms with E-state index in [4.69, 9.17) is 9.15 Å². The molecule has 0 aliphatic rings. The number of ether oxygens (including phenoxy) is 1. The first-order valence-corrected chi connectivity index (χ1v) is 5.55. The van der Waals surface area contributed by atoms with Gasteiger partial charge in [0.15, 0.2) is 0 Å². The van der Waals surface area contributed by atoms with Crippen molar-refractivity contribution in [1.82, 2.24) is 5.32 Å². The van der Waals surface area contributed by atoms with Crippen LogP contribution in [-0.2, 0) is 0 Å². The molecule has 0 atom stereocenters. The number of amides is 1. The van der Waals surface area contributed by atoms with Crippen LogP contribution in [-0.4, -0.2) is 19.6 Å². The molecule has 2 aromatic rings. The zero-order chi connectivity index (χ0) is 13.1. The zero-order valence-corrected chi connectivity index (χ0v) is 10.1. The molecule has 0 fully saturated rings. The van der Waals surface area contributed by atoms with E-state index >= 15 is 0 Å². The van der Waals surface area contributed by atoms with Crippen molar-refractivity contribution < 1.29 is 13.9 Å². The maximum absolute atomic E-state index is 11.7. The molecule has 1 aromatic heterocycles. The Bertz CT molecular complexity index is 645. The van der Waals surface area contributed by atoms with Crippen molar-refractivity contribution in [3.05, 3.63) is 40.2 Å². The summed E-state index contributed by atoms with van der Waals surface area (Å²) in [6, 6.07) is 6.60. The van der Waals surface area contributed by atoms with Gasteiger partial charge in [-0.05, 0) is 25.1 Å². The van der Waals surface area contributed by atoms with Crippen molar-refractivity contribution in [2.24, 2.45) is 0 Å². The molecule has 18 heavy (non-hydrogen) atoms. The van der Waals surface area contributed by atoms with Gasteiger partial charge in [0.25, 0.3) is 5.91 Å². The molecule has 5 nitrogen and oxygen atoms in total. The largest absolute Gasteiger partial charge is 0.497 e. The van der Waals surface area contributed by atoms with Gasteiger partial charge in [-0.3, -0.25) is 4.79 Å². The Kier molecular flexibility index (Phi) is 3.32. The van der Waals surface area contributed by atoms with E-state index in [1.54, 1.807) is 25.1 Å². The monoisotopic (exact) mass is 247 g/mol. The smallest absolute Gasteiger partial charge is 0.349 e. The van der Waals surface area contributed by atoms with Crippen molar-refractivity contribution in [3.8, 4) is 5.75 Å². The number of nitrogens with one attached hydrogen (secondary N) is 1. The van der Waals surface area contributed by atoms with Crippen LogP contribution in [0.5, 0.6) is 5.75 Å². The van der Waals surface area contributed by atoms with Crippen LogP contribution >= 0.6 is 0 Å². The maximum atomic E-state index is 11.7. The second-order valence-corrected chi connectivity index (χ2v) is 3.71. The Morgan fingerprint density at radius 3 is 2.83 bits per heavy atom. The minimum absolute atomic E-state index is 0.00881. The summed E-state index contributed by atoms with van der Waals surface area (Å²) in [5, 5.41) is 3.24. The van der Waals surface area contributed by atoms with Gasteiger partial charge < -0.3 is 14.5 Å². The van der Waals surface area contributed by atoms with Crippen LogP contribution < -0.4 is 15.7 Å². The van der Waals surface area contributed by atoms with Gasteiger partial charge in [0.2, 0.25) is 0 Å². The number of methoxy groups -OCH3 is 1. The molecule has 0 unspecified atom stereocenters. The first-order chi connectivity index (χ1) is 8.65.